The molecule has 0 amide bonds. The molecule has 0 spiro atoms. The number of nitrogens with one attached hydrogen (secondary N) is 2. The molecule has 30 heavy (non-hydrogen) atoms. The van der Waals surface area contributed by atoms with Crippen LogP contribution in [0.5, 0.6) is 0 Å². The van der Waals surface area contributed by atoms with E-state index in [4.69, 9.17) is 0 Å². The van der Waals surface area contributed by atoms with Crippen molar-refractivity contribution in [2.24, 2.45) is 0 Å². The van der Waals surface area contributed by atoms with Gasteiger partial charge in [-0.15, -0.1) is 0 Å². The Morgan fingerprint density at radius 3 is 2.57 bits per heavy atom. The topological polar surface area (TPSA) is 99.3 Å². The molecule has 0 aliphatic heterocycles. The summed E-state index contributed by atoms with van der Waals surface area (Å²) in [6.07, 6.45) is 4.96. The van der Waals surface area contributed by atoms with Crippen LogP contribution < -0.4 is 4.72 Å². The van der Waals surface area contributed by atoms with Crippen molar-refractivity contribution in [1.29, 1.82) is 0 Å². The standard InChI is InChI=1S/C23H26N2O4S/c1-15(23(26)27)21-19-12-5-6-13-20(19)24-22(21)16-8-7-11-18(14-16)30(28,29)25-17-9-3-2-4-10-17/h5-8,11-15,17,24-25H,2-4,9-10H2,1H3,(H,26,27). The number of carboxylic acids is 1. The first-order valence-corrected chi connectivity index (χ1v) is 11.8. The number of hydrogen-bond donors (Lipinski definition) is 3. The van der Waals surface area contributed by atoms with Crippen LogP contribution in [0.25, 0.3) is 22.2 Å². The Hall–Kier alpha value is -2.64. The second kappa shape index (κ2) is 8.24. The van der Waals surface area contributed by atoms with Gasteiger partial charge in [-0.05, 0) is 49.1 Å². The zero-order valence-corrected chi connectivity index (χ0v) is 17.7. The number of carboxylic acid groups (broad SMARTS) is 1. The van der Waals surface area contributed by atoms with Crippen LogP contribution in [0.4, 0.5) is 0 Å². The first-order chi connectivity index (χ1) is 14.4. The molecule has 158 valence electrons. The fraction of sp³-hybridized carbons (Fsp3) is 0.348. The van der Waals surface area contributed by atoms with Crippen molar-refractivity contribution in [1.82, 2.24) is 9.71 Å². The molecule has 1 saturated carbocycles. The van der Waals surface area contributed by atoms with Gasteiger partial charge in [-0.25, -0.2) is 13.1 Å². The third kappa shape index (κ3) is 4.00. The smallest absolute Gasteiger partial charge is 0.310 e. The second-order valence-corrected chi connectivity index (χ2v) is 9.72. The van der Waals surface area contributed by atoms with E-state index < -0.39 is 21.9 Å². The normalized spacial score (nSPS) is 16.6. The van der Waals surface area contributed by atoms with Gasteiger partial charge in [0.05, 0.1) is 16.5 Å². The van der Waals surface area contributed by atoms with E-state index in [1.54, 1.807) is 25.1 Å². The van der Waals surface area contributed by atoms with Gasteiger partial charge >= 0.3 is 5.97 Å². The van der Waals surface area contributed by atoms with Gasteiger partial charge in [0.25, 0.3) is 0 Å². The van der Waals surface area contributed by atoms with Gasteiger partial charge in [0, 0.05) is 16.9 Å². The molecular weight excluding hydrogens is 400 g/mol. The van der Waals surface area contributed by atoms with Crippen LogP contribution in [0.1, 0.15) is 50.5 Å². The molecular formula is C23H26N2O4S. The summed E-state index contributed by atoms with van der Waals surface area (Å²) in [4.78, 5) is 15.2. The van der Waals surface area contributed by atoms with E-state index in [1.165, 1.54) is 0 Å². The van der Waals surface area contributed by atoms with Crippen LogP contribution in [-0.4, -0.2) is 30.5 Å². The molecule has 0 saturated heterocycles. The molecule has 4 rings (SSSR count). The largest absolute Gasteiger partial charge is 0.481 e. The van der Waals surface area contributed by atoms with Gasteiger partial charge in [0.15, 0.2) is 0 Å². The first-order valence-electron chi connectivity index (χ1n) is 10.3. The maximum atomic E-state index is 13.0. The summed E-state index contributed by atoms with van der Waals surface area (Å²) >= 11 is 0. The highest BCUT2D eigenvalue weighted by atomic mass is 32.2. The predicted octanol–water partition coefficient (Wildman–Crippen LogP) is 4.63. The molecule has 1 aliphatic rings. The number of aliphatic carboxylic acids is 1. The number of rotatable bonds is 6. The lowest BCUT2D eigenvalue weighted by Crippen LogP contribution is -2.36. The van der Waals surface area contributed by atoms with Gasteiger partial charge in [-0.3, -0.25) is 4.79 Å². The average Bonchev–Trinajstić information content (AvgIpc) is 3.13. The number of sulfonamides is 1. The number of aromatic nitrogens is 1. The number of carbonyl (C=O) groups is 1. The summed E-state index contributed by atoms with van der Waals surface area (Å²) in [5.41, 5.74) is 2.78. The van der Waals surface area contributed by atoms with Gasteiger partial charge in [-0.1, -0.05) is 49.6 Å². The van der Waals surface area contributed by atoms with E-state index in [1.807, 2.05) is 30.3 Å². The average molecular weight is 427 g/mol. The minimum absolute atomic E-state index is 0.0249. The molecule has 1 unspecified atom stereocenters. The van der Waals surface area contributed by atoms with Crippen molar-refractivity contribution in [3.05, 3.63) is 54.1 Å². The van der Waals surface area contributed by atoms with Crippen LogP contribution in [-0.2, 0) is 14.8 Å². The minimum Gasteiger partial charge on any atom is -0.481 e. The van der Waals surface area contributed by atoms with Crippen LogP contribution in [0.15, 0.2) is 53.4 Å². The SMILES string of the molecule is CC(C(=O)O)c1c(-c2cccc(S(=O)(=O)NC3CCCCC3)c2)[nH]c2ccccc12. The fourth-order valence-electron chi connectivity index (χ4n) is 4.29. The van der Waals surface area contributed by atoms with Crippen molar-refractivity contribution in [2.75, 3.05) is 0 Å². The summed E-state index contributed by atoms with van der Waals surface area (Å²) < 4.78 is 28.8. The number of para-hydroxylation sites is 1. The van der Waals surface area contributed by atoms with Gasteiger partial charge < -0.3 is 10.1 Å². The molecule has 3 N–H and O–H groups in total. The molecule has 3 aromatic rings. The lowest BCUT2D eigenvalue weighted by Gasteiger charge is -2.22. The third-order valence-electron chi connectivity index (χ3n) is 5.91. The van der Waals surface area contributed by atoms with E-state index in [-0.39, 0.29) is 10.9 Å². The van der Waals surface area contributed by atoms with Crippen LogP contribution in [0.2, 0.25) is 0 Å². The minimum atomic E-state index is -3.65. The number of aromatic amines is 1. The summed E-state index contributed by atoms with van der Waals surface area (Å²) in [7, 11) is -3.65. The van der Waals surface area contributed by atoms with Crippen molar-refractivity contribution in [3.63, 3.8) is 0 Å². The van der Waals surface area contributed by atoms with Gasteiger partial charge in [0.2, 0.25) is 10.0 Å². The Morgan fingerprint density at radius 1 is 1.10 bits per heavy atom. The first kappa shape index (κ1) is 20.6. The highest BCUT2D eigenvalue weighted by Crippen LogP contribution is 2.36. The van der Waals surface area contributed by atoms with E-state index in [0.717, 1.165) is 43.0 Å². The van der Waals surface area contributed by atoms with Crippen LogP contribution in [0, 0.1) is 0 Å². The maximum absolute atomic E-state index is 13.0. The molecule has 1 heterocycles. The molecule has 0 radical (unpaired) electrons. The van der Waals surface area contributed by atoms with E-state index in [2.05, 4.69) is 9.71 Å². The third-order valence-corrected chi connectivity index (χ3v) is 7.43. The van der Waals surface area contributed by atoms with Crippen LogP contribution >= 0.6 is 0 Å². The molecule has 0 bridgehead atoms. The number of fused-ring (bicyclic) bond motifs is 1. The molecule has 1 aromatic heterocycles. The molecule has 1 atom stereocenters. The lowest BCUT2D eigenvalue weighted by molar-refractivity contribution is -0.138. The van der Waals surface area contributed by atoms with Crippen LogP contribution in [0.3, 0.4) is 0 Å². The van der Waals surface area contributed by atoms with E-state index >= 15 is 0 Å². The van der Waals surface area contributed by atoms with Crippen molar-refractivity contribution >= 4 is 26.9 Å². The number of hydrogen-bond acceptors (Lipinski definition) is 3. The summed E-state index contributed by atoms with van der Waals surface area (Å²) in [6.45, 7) is 1.65. The summed E-state index contributed by atoms with van der Waals surface area (Å²) in [5.74, 6) is -1.67. The van der Waals surface area contributed by atoms with Gasteiger partial charge in [-0.2, -0.15) is 0 Å². The summed E-state index contributed by atoms with van der Waals surface area (Å²) in [6, 6.07) is 14.2. The highest BCUT2D eigenvalue weighted by Gasteiger charge is 2.25. The van der Waals surface area contributed by atoms with Crippen molar-refractivity contribution in [3.8, 4) is 11.3 Å². The monoisotopic (exact) mass is 426 g/mol. The molecule has 2 aromatic carbocycles. The Balaban J connectivity index is 1.76. The van der Waals surface area contributed by atoms with E-state index in [0.29, 0.717) is 16.8 Å². The quantitative estimate of drug-likeness (QED) is 0.535. The molecule has 1 fully saturated rings. The second-order valence-electron chi connectivity index (χ2n) is 8.00. The Kier molecular flexibility index (Phi) is 5.66. The maximum Gasteiger partial charge on any atom is 0.310 e. The Morgan fingerprint density at radius 2 is 1.83 bits per heavy atom. The predicted molar refractivity (Wildman–Crippen MR) is 117 cm³/mol. The molecule has 1 aliphatic carbocycles. The lowest BCUT2D eigenvalue weighted by atomic mass is 9.95. The Labute approximate surface area is 176 Å². The molecule has 6 nitrogen and oxygen atoms in total. The van der Waals surface area contributed by atoms with Crippen molar-refractivity contribution < 1.29 is 18.3 Å². The fourth-order valence-corrected chi connectivity index (χ4v) is 5.64. The molecule has 7 heteroatoms. The van der Waals surface area contributed by atoms with Gasteiger partial charge in [0.1, 0.15) is 0 Å². The summed E-state index contributed by atoms with van der Waals surface area (Å²) in [5, 5.41) is 10.5. The number of H-pyrrole nitrogens is 1. The van der Waals surface area contributed by atoms with Crippen molar-refractivity contribution in [2.45, 2.75) is 55.9 Å². The number of benzene rings is 2. The zero-order valence-electron chi connectivity index (χ0n) is 16.9. The highest BCUT2D eigenvalue weighted by molar-refractivity contribution is 7.89. The Bertz CT molecular complexity index is 1180. The van der Waals surface area contributed by atoms with E-state index in [9.17, 15) is 18.3 Å². The zero-order chi connectivity index (χ0) is 21.3.